The Morgan fingerprint density at radius 1 is 1.33 bits per heavy atom. The second-order valence-electron chi connectivity index (χ2n) is 4.02. The van der Waals surface area contributed by atoms with E-state index in [1.807, 2.05) is 0 Å². The second-order valence-corrected chi connectivity index (χ2v) is 4.02. The van der Waals surface area contributed by atoms with Crippen LogP contribution in [0.2, 0.25) is 0 Å². The molecule has 0 aliphatic carbocycles. The van der Waals surface area contributed by atoms with Gasteiger partial charge in [-0.1, -0.05) is 13.8 Å². The van der Waals surface area contributed by atoms with Gasteiger partial charge in [0.05, 0.1) is 6.04 Å². The van der Waals surface area contributed by atoms with Crippen molar-refractivity contribution >= 4 is 5.91 Å². The highest BCUT2D eigenvalue weighted by atomic mass is 19.4. The van der Waals surface area contributed by atoms with Gasteiger partial charge in [-0.3, -0.25) is 4.79 Å². The van der Waals surface area contributed by atoms with Gasteiger partial charge < -0.3 is 10.6 Å². The van der Waals surface area contributed by atoms with E-state index in [9.17, 15) is 18.0 Å². The van der Waals surface area contributed by atoms with Gasteiger partial charge in [0, 0.05) is 6.54 Å². The Hall–Kier alpha value is -0.780. The molecule has 0 heterocycles. The number of carbonyl (C=O) groups is 1. The van der Waals surface area contributed by atoms with E-state index in [1.54, 1.807) is 13.8 Å². The zero-order valence-corrected chi connectivity index (χ0v) is 9.14. The first-order valence-electron chi connectivity index (χ1n) is 4.74. The highest BCUT2D eigenvalue weighted by Gasteiger charge is 2.33. The van der Waals surface area contributed by atoms with E-state index in [0.29, 0.717) is 0 Å². The molecule has 1 amide bonds. The fourth-order valence-electron chi connectivity index (χ4n) is 1.18. The fraction of sp³-hybridized carbons (Fsp3) is 0.889. The highest BCUT2D eigenvalue weighted by molar-refractivity contribution is 5.81. The van der Waals surface area contributed by atoms with Crippen LogP contribution in [-0.4, -0.2) is 36.1 Å². The van der Waals surface area contributed by atoms with E-state index in [4.69, 9.17) is 5.73 Å². The zero-order chi connectivity index (χ0) is 12.2. The Labute approximate surface area is 87.4 Å². The molecule has 0 aromatic rings. The molecule has 0 aliphatic rings. The van der Waals surface area contributed by atoms with Crippen LogP contribution in [0.4, 0.5) is 13.2 Å². The van der Waals surface area contributed by atoms with E-state index in [2.05, 4.69) is 0 Å². The van der Waals surface area contributed by atoms with E-state index in [-0.39, 0.29) is 12.5 Å². The van der Waals surface area contributed by atoms with Crippen molar-refractivity contribution in [1.29, 1.82) is 0 Å². The topological polar surface area (TPSA) is 46.3 Å². The summed E-state index contributed by atoms with van der Waals surface area (Å²) in [5.41, 5.74) is 5.27. The van der Waals surface area contributed by atoms with Crippen molar-refractivity contribution in [3.05, 3.63) is 0 Å². The van der Waals surface area contributed by atoms with Crippen LogP contribution in [0.15, 0.2) is 0 Å². The molecule has 0 aromatic heterocycles. The van der Waals surface area contributed by atoms with Crippen LogP contribution in [0.5, 0.6) is 0 Å². The Morgan fingerprint density at radius 2 is 1.80 bits per heavy atom. The molecular weight excluding hydrogens is 209 g/mol. The average Bonchev–Trinajstić information content (AvgIpc) is 1.97. The average molecular weight is 226 g/mol. The summed E-state index contributed by atoms with van der Waals surface area (Å²) < 4.78 is 36.4. The molecule has 1 unspecified atom stereocenters. The van der Waals surface area contributed by atoms with E-state index in [0.717, 1.165) is 4.90 Å². The number of amides is 1. The Morgan fingerprint density at radius 3 is 2.07 bits per heavy atom. The summed E-state index contributed by atoms with van der Waals surface area (Å²) >= 11 is 0. The Balaban J connectivity index is 4.52. The summed E-state index contributed by atoms with van der Waals surface area (Å²) in [4.78, 5) is 12.1. The molecule has 0 rings (SSSR count). The lowest BCUT2D eigenvalue weighted by Gasteiger charge is -2.27. The number of halogens is 3. The third kappa shape index (κ3) is 6.33. The lowest BCUT2D eigenvalue weighted by molar-refractivity contribution is -0.162. The first-order chi connectivity index (χ1) is 6.63. The summed E-state index contributed by atoms with van der Waals surface area (Å²) in [7, 11) is 0. The number of nitrogens with zero attached hydrogens (tertiary/aromatic N) is 1. The van der Waals surface area contributed by atoms with Crippen LogP contribution < -0.4 is 5.73 Å². The second kappa shape index (κ2) is 5.34. The molecule has 0 aromatic carbocycles. The van der Waals surface area contributed by atoms with Crippen molar-refractivity contribution in [2.45, 2.75) is 33.0 Å². The van der Waals surface area contributed by atoms with Crippen molar-refractivity contribution < 1.29 is 18.0 Å². The van der Waals surface area contributed by atoms with Crippen molar-refractivity contribution in [2.24, 2.45) is 11.7 Å². The molecule has 0 radical (unpaired) electrons. The van der Waals surface area contributed by atoms with Crippen molar-refractivity contribution in [2.75, 3.05) is 13.1 Å². The summed E-state index contributed by atoms with van der Waals surface area (Å²) in [6.07, 6.45) is -4.38. The number of hydrogen-bond acceptors (Lipinski definition) is 2. The fourth-order valence-corrected chi connectivity index (χ4v) is 1.18. The largest absolute Gasteiger partial charge is 0.406 e. The number of hydrogen-bond donors (Lipinski definition) is 1. The lowest BCUT2D eigenvalue weighted by atomic mass is 10.2. The molecule has 90 valence electrons. The predicted molar refractivity (Wildman–Crippen MR) is 51.1 cm³/mol. The number of rotatable bonds is 4. The molecule has 15 heavy (non-hydrogen) atoms. The molecule has 3 nitrogen and oxygen atoms in total. The Bertz CT molecular complexity index is 214. The van der Waals surface area contributed by atoms with Gasteiger partial charge in [0.25, 0.3) is 0 Å². The van der Waals surface area contributed by atoms with Crippen molar-refractivity contribution in [3.8, 4) is 0 Å². The molecule has 0 spiro atoms. The van der Waals surface area contributed by atoms with E-state index < -0.39 is 24.7 Å². The number of carbonyl (C=O) groups excluding carboxylic acids is 1. The van der Waals surface area contributed by atoms with Crippen LogP contribution >= 0.6 is 0 Å². The third-order valence-corrected chi connectivity index (χ3v) is 1.66. The van der Waals surface area contributed by atoms with Gasteiger partial charge in [-0.25, -0.2) is 0 Å². The minimum Gasteiger partial charge on any atom is -0.332 e. The maximum absolute atomic E-state index is 12.1. The summed E-state index contributed by atoms with van der Waals surface area (Å²) in [6, 6.07) is -0.897. The normalized spacial score (nSPS) is 14.1. The van der Waals surface area contributed by atoms with Crippen molar-refractivity contribution in [1.82, 2.24) is 4.90 Å². The Kier molecular flexibility index (Phi) is 5.07. The van der Waals surface area contributed by atoms with Crippen LogP contribution in [0, 0.1) is 5.92 Å². The summed E-state index contributed by atoms with van der Waals surface area (Å²) in [6.45, 7) is 3.72. The smallest absolute Gasteiger partial charge is 0.332 e. The maximum atomic E-state index is 12.1. The van der Waals surface area contributed by atoms with Crippen LogP contribution in [0.25, 0.3) is 0 Å². The monoisotopic (exact) mass is 226 g/mol. The molecule has 0 saturated heterocycles. The van der Waals surface area contributed by atoms with Gasteiger partial charge in [-0.2, -0.15) is 13.2 Å². The molecule has 2 N–H and O–H groups in total. The van der Waals surface area contributed by atoms with E-state index in [1.165, 1.54) is 6.92 Å². The van der Waals surface area contributed by atoms with Gasteiger partial charge in [0.2, 0.25) is 5.91 Å². The first-order valence-corrected chi connectivity index (χ1v) is 4.74. The van der Waals surface area contributed by atoms with Crippen molar-refractivity contribution in [3.63, 3.8) is 0 Å². The SMILES string of the molecule is CC(C)CN(CC(F)(F)F)C(=O)C(C)N. The van der Waals surface area contributed by atoms with Gasteiger partial charge in [-0.15, -0.1) is 0 Å². The molecule has 0 fully saturated rings. The van der Waals surface area contributed by atoms with Gasteiger partial charge in [0.1, 0.15) is 6.54 Å². The maximum Gasteiger partial charge on any atom is 0.406 e. The zero-order valence-electron chi connectivity index (χ0n) is 9.14. The number of nitrogens with two attached hydrogens (primary N) is 1. The first kappa shape index (κ1) is 14.2. The summed E-state index contributed by atoms with van der Waals surface area (Å²) in [5.74, 6) is -0.684. The standard InChI is InChI=1S/C9H17F3N2O/c1-6(2)4-14(5-9(10,11)12)8(15)7(3)13/h6-7H,4-5,13H2,1-3H3. The van der Waals surface area contributed by atoms with Crippen LogP contribution in [0.1, 0.15) is 20.8 Å². The molecule has 1 atom stereocenters. The number of alkyl halides is 3. The summed E-state index contributed by atoms with van der Waals surface area (Å²) in [5, 5.41) is 0. The van der Waals surface area contributed by atoms with Gasteiger partial charge >= 0.3 is 6.18 Å². The molecule has 6 heteroatoms. The minimum atomic E-state index is -4.38. The highest BCUT2D eigenvalue weighted by Crippen LogP contribution is 2.17. The van der Waals surface area contributed by atoms with Gasteiger partial charge in [0.15, 0.2) is 0 Å². The van der Waals surface area contributed by atoms with E-state index >= 15 is 0 Å². The molecular formula is C9H17F3N2O. The minimum absolute atomic E-state index is 0.0185. The quantitative estimate of drug-likeness (QED) is 0.787. The third-order valence-electron chi connectivity index (χ3n) is 1.66. The molecule has 0 bridgehead atoms. The molecule has 0 saturated carbocycles. The van der Waals surface area contributed by atoms with Gasteiger partial charge in [-0.05, 0) is 12.8 Å². The lowest BCUT2D eigenvalue weighted by Crippen LogP contribution is -2.47. The van der Waals surface area contributed by atoms with Crippen LogP contribution in [0.3, 0.4) is 0 Å². The van der Waals surface area contributed by atoms with Crippen LogP contribution in [-0.2, 0) is 4.79 Å². The predicted octanol–water partition coefficient (Wildman–Crippen LogP) is 1.38. The molecule has 0 aliphatic heterocycles.